The van der Waals surface area contributed by atoms with Crippen molar-refractivity contribution < 1.29 is 17.7 Å². The zero-order valence-electron chi connectivity index (χ0n) is 11.9. The number of nitrogens with one attached hydrogen (secondary N) is 1. The molecule has 3 aromatic rings. The molecule has 0 radical (unpaired) electrons. The predicted octanol–water partition coefficient (Wildman–Crippen LogP) is 1.87. The molecular weight excluding hydrogens is 318 g/mol. The van der Waals surface area contributed by atoms with Crippen LogP contribution in [0, 0.1) is 0 Å². The van der Waals surface area contributed by atoms with E-state index < -0.39 is 15.9 Å². The third-order valence-corrected chi connectivity index (χ3v) is 4.42. The van der Waals surface area contributed by atoms with Crippen LogP contribution in [-0.4, -0.2) is 19.5 Å². The Bertz CT molecular complexity index is 962. The first-order valence-corrected chi connectivity index (χ1v) is 8.33. The van der Waals surface area contributed by atoms with Gasteiger partial charge < -0.3 is 10.3 Å². The summed E-state index contributed by atoms with van der Waals surface area (Å²) in [4.78, 5) is 11.0. The minimum Gasteiger partial charge on any atom is -0.366 e. The first kappa shape index (κ1) is 15.0. The van der Waals surface area contributed by atoms with Gasteiger partial charge in [-0.05, 0) is 36.4 Å². The van der Waals surface area contributed by atoms with Crippen molar-refractivity contribution in [2.75, 3.05) is 4.72 Å². The molecule has 23 heavy (non-hydrogen) atoms. The molecule has 0 fully saturated rings. The largest absolute Gasteiger partial charge is 0.366 e. The third kappa shape index (κ3) is 3.32. The second kappa shape index (κ2) is 5.73. The first-order valence-electron chi connectivity index (χ1n) is 6.68. The molecule has 8 heteroatoms. The minimum absolute atomic E-state index is 0.301. The van der Waals surface area contributed by atoms with Crippen molar-refractivity contribution in [2.45, 2.75) is 5.75 Å². The molecule has 1 amide bonds. The predicted molar refractivity (Wildman–Crippen MR) is 85.2 cm³/mol. The van der Waals surface area contributed by atoms with Crippen molar-refractivity contribution in [2.24, 2.45) is 5.73 Å². The van der Waals surface area contributed by atoms with Crippen LogP contribution in [0.5, 0.6) is 0 Å². The van der Waals surface area contributed by atoms with Crippen LogP contribution in [0.4, 0.5) is 5.69 Å². The molecule has 0 atom stereocenters. The van der Waals surface area contributed by atoms with E-state index in [9.17, 15) is 13.2 Å². The SMILES string of the molecule is NC(=O)c1ccc(NS(=O)(=O)Cc2noc3ccccc23)cc1. The minimum atomic E-state index is -3.67. The standard InChI is InChI=1S/C15H13N3O4S/c16-15(19)10-5-7-11(8-6-10)18-23(20,21)9-13-12-3-1-2-4-14(12)22-17-13/h1-8,18H,9H2,(H2,16,19). The fraction of sp³-hybridized carbons (Fsp3) is 0.0667. The Kier molecular flexibility index (Phi) is 3.75. The van der Waals surface area contributed by atoms with Crippen molar-refractivity contribution in [3.63, 3.8) is 0 Å². The molecule has 0 aliphatic carbocycles. The highest BCUT2D eigenvalue weighted by Gasteiger charge is 2.17. The van der Waals surface area contributed by atoms with Gasteiger partial charge in [-0.25, -0.2) is 8.42 Å². The van der Waals surface area contributed by atoms with Crippen molar-refractivity contribution in [3.8, 4) is 0 Å². The van der Waals surface area contributed by atoms with Crippen LogP contribution in [0.25, 0.3) is 11.0 Å². The van der Waals surface area contributed by atoms with Gasteiger partial charge in [-0.15, -0.1) is 0 Å². The van der Waals surface area contributed by atoms with Crippen LogP contribution in [-0.2, 0) is 15.8 Å². The summed E-state index contributed by atoms with van der Waals surface area (Å²) in [5.74, 6) is -0.893. The average Bonchev–Trinajstić information content (AvgIpc) is 2.90. The van der Waals surface area contributed by atoms with E-state index in [1.165, 1.54) is 24.3 Å². The van der Waals surface area contributed by atoms with Gasteiger partial charge in [0.2, 0.25) is 15.9 Å². The summed E-state index contributed by atoms with van der Waals surface area (Å²) in [5.41, 5.74) is 6.64. The second-order valence-electron chi connectivity index (χ2n) is 4.93. The van der Waals surface area contributed by atoms with Gasteiger partial charge in [-0.2, -0.15) is 0 Å². The number of fused-ring (bicyclic) bond motifs is 1. The van der Waals surface area contributed by atoms with Crippen molar-refractivity contribution in [3.05, 3.63) is 59.8 Å². The number of aromatic nitrogens is 1. The van der Waals surface area contributed by atoms with E-state index in [0.29, 0.717) is 27.9 Å². The summed E-state index contributed by atoms with van der Waals surface area (Å²) in [6, 6.07) is 12.9. The highest BCUT2D eigenvalue weighted by Crippen LogP contribution is 2.21. The van der Waals surface area contributed by atoms with Crippen LogP contribution in [0.3, 0.4) is 0 Å². The van der Waals surface area contributed by atoms with E-state index >= 15 is 0 Å². The Hall–Kier alpha value is -2.87. The molecule has 118 valence electrons. The molecule has 1 aromatic heterocycles. The number of benzene rings is 2. The Morgan fingerprint density at radius 2 is 1.83 bits per heavy atom. The number of hydrogen-bond donors (Lipinski definition) is 2. The summed E-state index contributed by atoms with van der Waals surface area (Å²) in [7, 11) is -3.67. The first-order chi connectivity index (χ1) is 10.9. The number of primary amides is 1. The van der Waals surface area contributed by atoms with Gasteiger partial charge in [-0.1, -0.05) is 17.3 Å². The molecule has 0 spiro atoms. The smallest absolute Gasteiger partial charge is 0.248 e. The maximum atomic E-state index is 12.2. The maximum Gasteiger partial charge on any atom is 0.248 e. The van der Waals surface area contributed by atoms with Gasteiger partial charge in [0.15, 0.2) is 5.58 Å². The number of amides is 1. The van der Waals surface area contributed by atoms with E-state index in [1.807, 2.05) is 0 Å². The van der Waals surface area contributed by atoms with Crippen molar-refractivity contribution in [1.82, 2.24) is 5.16 Å². The monoisotopic (exact) mass is 331 g/mol. The normalized spacial score (nSPS) is 11.5. The lowest BCUT2D eigenvalue weighted by Gasteiger charge is -2.07. The number of carbonyl (C=O) groups excluding carboxylic acids is 1. The zero-order chi connectivity index (χ0) is 16.4. The van der Waals surface area contributed by atoms with E-state index in [1.54, 1.807) is 24.3 Å². The van der Waals surface area contributed by atoms with Crippen molar-refractivity contribution in [1.29, 1.82) is 0 Å². The quantitative estimate of drug-likeness (QED) is 0.740. The van der Waals surface area contributed by atoms with Crippen LogP contribution < -0.4 is 10.5 Å². The van der Waals surface area contributed by atoms with Gasteiger partial charge in [0.25, 0.3) is 0 Å². The maximum absolute atomic E-state index is 12.2. The number of nitrogens with zero attached hydrogens (tertiary/aromatic N) is 1. The van der Waals surface area contributed by atoms with Crippen LogP contribution in [0.15, 0.2) is 53.1 Å². The Labute approximate surface area is 132 Å². The molecule has 0 aliphatic heterocycles. The van der Waals surface area contributed by atoms with Crippen LogP contribution in [0.1, 0.15) is 16.1 Å². The van der Waals surface area contributed by atoms with Crippen LogP contribution in [0.2, 0.25) is 0 Å². The second-order valence-corrected chi connectivity index (χ2v) is 6.65. The van der Waals surface area contributed by atoms with Gasteiger partial charge in [-0.3, -0.25) is 9.52 Å². The summed E-state index contributed by atoms with van der Waals surface area (Å²) in [6.07, 6.45) is 0. The topological polar surface area (TPSA) is 115 Å². The number of nitrogens with two attached hydrogens (primary N) is 1. The van der Waals surface area contributed by atoms with Crippen LogP contribution >= 0.6 is 0 Å². The fourth-order valence-electron chi connectivity index (χ4n) is 2.14. The molecule has 0 saturated heterocycles. The molecule has 0 saturated carbocycles. The van der Waals surface area contributed by atoms with E-state index in [-0.39, 0.29) is 5.75 Å². The number of rotatable bonds is 5. The molecule has 2 aromatic carbocycles. The molecule has 0 unspecified atom stereocenters. The number of sulfonamides is 1. The highest BCUT2D eigenvalue weighted by atomic mass is 32.2. The highest BCUT2D eigenvalue weighted by molar-refractivity contribution is 7.91. The zero-order valence-corrected chi connectivity index (χ0v) is 12.7. The lowest BCUT2D eigenvalue weighted by molar-refractivity contribution is 0.100. The Morgan fingerprint density at radius 3 is 2.52 bits per heavy atom. The molecule has 0 aliphatic rings. The lowest BCUT2D eigenvalue weighted by Crippen LogP contribution is -2.16. The van der Waals surface area contributed by atoms with E-state index in [0.717, 1.165) is 0 Å². The van der Waals surface area contributed by atoms with Crippen molar-refractivity contribution >= 4 is 32.6 Å². The molecule has 7 nitrogen and oxygen atoms in total. The molecule has 1 heterocycles. The number of hydrogen-bond acceptors (Lipinski definition) is 5. The summed E-state index contributed by atoms with van der Waals surface area (Å²) >= 11 is 0. The average molecular weight is 331 g/mol. The Balaban J connectivity index is 1.80. The third-order valence-electron chi connectivity index (χ3n) is 3.22. The summed E-state index contributed by atoms with van der Waals surface area (Å²) < 4.78 is 32.0. The molecule has 3 N–H and O–H groups in total. The van der Waals surface area contributed by atoms with Gasteiger partial charge in [0.1, 0.15) is 11.4 Å². The number of carbonyl (C=O) groups is 1. The fourth-order valence-corrected chi connectivity index (χ4v) is 3.28. The summed E-state index contributed by atoms with van der Waals surface area (Å²) in [5, 5.41) is 4.46. The number of para-hydroxylation sites is 1. The Morgan fingerprint density at radius 1 is 1.13 bits per heavy atom. The molecule has 0 bridgehead atoms. The lowest BCUT2D eigenvalue weighted by atomic mass is 10.2. The van der Waals surface area contributed by atoms with Gasteiger partial charge in [0, 0.05) is 16.6 Å². The molecular formula is C15H13N3O4S. The van der Waals surface area contributed by atoms with E-state index in [4.69, 9.17) is 10.3 Å². The van der Waals surface area contributed by atoms with Gasteiger partial charge >= 0.3 is 0 Å². The van der Waals surface area contributed by atoms with Gasteiger partial charge in [0.05, 0.1) is 0 Å². The molecule has 3 rings (SSSR count). The van der Waals surface area contributed by atoms with E-state index in [2.05, 4.69) is 9.88 Å². The summed E-state index contributed by atoms with van der Waals surface area (Å²) in [6.45, 7) is 0. The number of anilines is 1.